The fourth-order valence-electron chi connectivity index (χ4n) is 1.28. The molecule has 6 heteroatoms. The molecule has 2 aromatic rings. The van der Waals surface area contributed by atoms with Gasteiger partial charge in [0.1, 0.15) is 5.82 Å². The van der Waals surface area contributed by atoms with E-state index in [9.17, 15) is 0 Å². The van der Waals surface area contributed by atoms with Gasteiger partial charge in [0.25, 0.3) is 0 Å². The number of anilines is 3. The van der Waals surface area contributed by atoms with Crippen molar-refractivity contribution in [3.63, 3.8) is 0 Å². The molecule has 2 rings (SSSR count). The maximum absolute atomic E-state index is 5.90. The summed E-state index contributed by atoms with van der Waals surface area (Å²) < 4.78 is 1.04. The quantitative estimate of drug-likeness (QED) is 0.822. The molecule has 88 valence electrons. The zero-order valence-electron chi connectivity index (χ0n) is 9.04. The molecule has 4 nitrogen and oxygen atoms in total. The summed E-state index contributed by atoms with van der Waals surface area (Å²) >= 11 is 8.12. The Bertz CT molecular complexity index is 533. The maximum Gasteiger partial charge on any atom is 0.224 e. The summed E-state index contributed by atoms with van der Waals surface area (Å²) in [6.45, 7) is 0. The molecule has 17 heavy (non-hydrogen) atoms. The second-order valence-electron chi connectivity index (χ2n) is 3.26. The van der Waals surface area contributed by atoms with E-state index < -0.39 is 0 Å². The Hall–Kier alpha value is -1.08. The highest BCUT2D eigenvalue weighted by atomic mass is 127. The Morgan fingerprint density at radius 2 is 2.12 bits per heavy atom. The van der Waals surface area contributed by atoms with Gasteiger partial charge in [-0.3, -0.25) is 0 Å². The standard InChI is InChI=1S/C11H10ClIN4/c1-14-11-15-5-4-10(17-11)16-9-3-2-7(12)6-8(9)13/h2-6H,1H3,(H2,14,15,16,17). The van der Waals surface area contributed by atoms with E-state index in [-0.39, 0.29) is 0 Å². The molecule has 0 aliphatic rings. The van der Waals surface area contributed by atoms with Gasteiger partial charge < -0.3 is 10.6 Å². The SMILES string of the molecule is CNc1nccc(Nc2ccc(Cl)cc2I)n1. The molecule has 0 saturated heterocycles. The Balaban J connectivity index is 2.25. The normalized spacial score (nSPS) is 10.1. The number of aromatic nitrogens is 2. The Kier molecular flexibility index (Phi) is 4.01. The summed E-state index contributed by atoms with van der Waals surface area (Å²) in [5.74, 6) is 1.32. The summed E-state index contributed by atoms with van der Waals surface area (Å²) in [6.07, 6.45) is 1.70. The molecule has 0 atom stereocenters. The molecule has 0 radical (unpaired) electrons. The lowest BCUT2D eigenvalue weighted by atomic mass is 10.3. The first-order valence-electron chi connectivity index (χ1n) is 4.92. The molecular weight excluding hydrogens is 351 g/mol. The number of nitrogens with zero attached hydrogens (tertiary/aromatic N) is 2. The number of hydrogen-bond donors (Lipinski definition) is 2. The highest BCUT2D eigenvalue weighted by Crippen LogP contribution is 2.24. The minimum absolute atomic E-state index is 0.582. The van der Waals surface area contributed by atoms with Gasteiger partial charge in [0.15, 0.2) is 0 Å². The van der Waals surface area contributed by atoms with E-state index in [2.05, 4.69) is 43.2 Å². The van der Waals surface area contributed by atoms with Gasteiger partial charge in [-0.25, -0.2) is 4.98 Å². The summed E-state index contributed by atoms with van der Waals surface area (Å²) in [7, 11) is 1.78. The van der Waals surface area contributed by atoms with E-state index in [1.807, 2.05) is 24.3 Å². The monoisotopic (exact) mass is 360 g/mol. The van der Waals surface area contributed by atoms with Crippen molar-refractivity contribution in [3.05, 3.63) is 39.1 Å². The van der Waals surface area contributed by atoms with Gasteiger partial charge in [0.05, 0.1) is 5.69 Å². The Labute approximate surface area is 118 Å². The van der Waals surface area contributed by atoms with Crippen LogP contribution in [0.1, 0.15) is 0 Å². The van der Waals surface area contributed by atoms with E-state index in [0.29, 0.717) is 5.95 Å². The van der Waals surface area contributed by atoms with Crippen LogP contribution in [-0.2, 0) is 0 Å². The van der Waals surface area contributed by atoms with Crippen molar-refractivity contribution in [3.8, 4) is 0 Å². The highest BCUT2D eigenvalue weighted by Gasteiger charge is 2.02. The van der Waals surface area contributed by atoms with Crippen molar-refractivity contribution < 1.29 is 0 Å². The average molecular weight is 361 g/mol. The minimum Gasteiger partial charge on any atom is -0.357 e. The number of halogens is 2. The van der Waals surface area contributed by atoms with Crippen molar-refractivity contribution in [2.45, 2.75) is 0 Å². The van der Waals surface area contributed by atoms with Crippen molar-refractivity contribution >= 4 is 51.6 Å². The van der Waals surface area contributed by atoms with Crippen LogP contribution in [-0.4, -0.2) is 17.0 Å². The fourth-order valence-corrected chi connectivity index (χ4v) is 2.28. The molecule has 0 aliphatic carbocycles. The third kappa shape index (κ3) is 3.19. The lowest BCUT2D eigenvalue weighted by Crippen LogP contribution is -2.00. The number of benzene rings is 1. The largest absolute Gasteiger partial charge is 0.357 e. The predicted molar refractivity (Wildman–Crippen MR) is 79.0 cm³/mol. The van der Waals surface area contributed by atoms with Gasteiger partial charge in [0.2, 0.25) is 5.95 Å². The topological polar surface area (TPSA) is 49.8 Å². The summed E-state index contributed by atoms with van der Waals surface area (Å²) in [5, 5.41) is 6.83. The van der Waals surface area contributed by atoms with Crippen molar-refractivity contribution in [2.75, 3.05) is 17.7 Å². The fraction of sp³-hybridized carbons (Fsp3) is 0.0909. The molecule has 0 fully saturated rings. The molecule has 1 heterocycles. The van der Waals surface area contributed by atoms with Crippen LogP contribution in [0.3, 0.4) is 0 Å². The van der Waals surface area contributed by atoms with Gasteiger partial charge in [0, 0.05) is 21.8 Å². The van der Waals surface area contributed by atoms with Gasteiger partial charge in [-0.05, 0) is 46.9 Å². The third-order valence-corrected chi connectivity index (χ3v) is 3.20. The highest BCUT2D eigenvalue weighted by molar-refractivity contribution is 14.1. The number of hydrogen-bond acceptors (Lipinski definition) is 4. The van der Waals surface area contributed by atoms with E-state index in [0.717, 1.165) is 20.1 Å². The number of rotatable bonds is 3. The first-order chi connectivity index (χ1) is 8.19. The molecule has 2 N–H and O–H groups in total. The molecule has 0 bridgehead atoms. The van der Waals surface area contributed by atoms with Gasteiger partial charge >= 0.3 is 0 Å². The van der Waals surface area contributed by atoms with Crippen LogP contribution in [0.15, 0.2) is 30.5 Å². The van der Waals surface area contributed by atoms with E-state index >= 15 is 0 Å². The smallest absolute Gasteiger partial charge is 0.224 e. The minimum atomic E-state index is 0.582. The Morgan fingerprint density at radius 1 is 1.29 bits per heavy atom. The second-order valence-corrected chi connectivity index (χ2v) is 4.86. The van der Waals surface area contributed by atoms with Gasteiger partial charge in [-0.15, -0.1) is 0 Å². The molecule has 0 saturated carbocycles. The van der Waals surface area contributed by atoms with Crippen LogP contribution < -0.4 is 10.6 Å². The number of nitrogens with one attached hydrogen (secondary N) is 2. The summed E-state index contributed by atoms with van der Waals surface area (Å²) in [6, 6.07) is 7.47. The Morgan fingerprint density at radius 3 is 2.82 bits per heavy atom. The molecule has 0 aliphatic heterocycles. The van der Waals surface area contributed by atoms with Crippen LogP contribution >= 0.6 is 34.2 Å². The van der Waals surface area contributed by atoms with Crippen molar-refractivity contribution in [2.24, 2.45) is 0 Å². The molecular formula is C11H10ClIN4. The zero-order chi connectivity index (χ0) is 12.3. The van der Waals surface area contributed by atoms with E-state index in [1.165, 1.54) is 0 Å². The molecule has 0 amide bonds. The molecule has 1 aromatic heterocycles. The van der Waals surface area contributed by atoms with Crippen LogP contribution in [0.4, 0.5) is 17.5 Å². The lowest BCUT2D eigenvalue weighted by molar-refractivity contribution is 1.15. The molecule has 0 unspecified atom stereocenters. The van der Waals surface area contributed by atoms with Gasteiger partial charge in [-0.1, -0.05) is 11.6 Å². The molecule has 0 spiro atoms. The lowest BCUT2D eigenvalue weighted by Gasteiger charge is -2.08. The van der Waals surface area contributed by atoms with E-state index in [1.54, 1.807) is 13.2 Å². The van der Waals surface area contributed by atoms with Crippen LogP contribution in [0.25, 0.3) is 0 Å². The summed E-state index contributed by atoms with van der Waals surface area (Å²) in [4.78, 5) is 8.33. The maximum atomic E-state index is 5.90. The second kappa shape index (κ2) is 5.50. The molecule has 1 aromatic carbocycles. The van der Waals surface area contributed by atoms with E-state index in [4.69, 9.17) is 11.6 Å². The first-order valence-corrected chi connectivity index (χ1v) is 6.37. The predicted octanol–water partition coefficient (Wildman–Crippen LogP) is 3.52. The van der Waals surface area contributed by atoms with Crippen molar-refractivity contribution in [1.82, 2.24) is 9.97 Å². The first kappa shape index (κ1) is 12.4. The van der Waals surface area contributed by atoms with Crippen LogP contribution in [0, 0.1) is 3.57 Å². The average Bonchev–Trinajstić information content (AvgIpc) is 2.33. The zero-order valence-corrected chi connectivity index (χ0v) is 12.0. The third-order valence-electron chi connectivity index (χ3n) is 2.07. The van der Waals surface area contributed by atoms with Crippen LogP contribution in [0.5, 0.6) is 0 Å². The van der Waals surface area contributed by atoms with Crippen LogP contribution in [0.2, 0.25) is 5.02 Å². The summed E-state index contributed by atoms with van der Waals surface area (Å²) in [5.41, 5.74) is 0.968. The van der Waals surface area contributed by atoms with Gasteiger partial charge in [-0.2, -0.15) is 4.98 Å². The van der Waals surface area contributed by atoms with Crippen molar-refractivity contribution in [1.29, 1.82) is 0 Å².